The summed E-state index contributed by atoms with van der Waals surface area (Å²) < 4.78 is 5.63. The van der Waals surface area contributed by atoms with Crippen molar-refractivity contribution in [3.8, 4) is 11.5 Å². The summed E-state index contributed by atoms with van der Waals surface area (Å²) >= 11 is 1.59. The first kappa shape index (κ1) is 15.2. The van der Waals surface area contributed by atoms with Crippen LogP contribution >= 0.6 is 11.3 Å². The first-order chi connectivity index (χ1) is 10.8. The van der Waals surface area contributed by atoms with Crippen molar-refractivity contribution in [1.29, 1.82) is 0 Å². The lowest BCUT2D eigenvalue weighted by Gasteiger charge is -2.27. The molecule has 118 valence electrons. The molecule has 1 aliphatic rings. The highest BCUT2D eigenvalue weighted by Crippen LogP contribution is 2.24. The van der Waals surface area contributed by atoms with Crippen molar-refractivity contribution in [2.24, 2.45) is 0 Å². The van der Waals surface area contributed by atoms with Crippen LogP contribution in [0.3, 0.4) is 0 Å². The summed E-state index contributed by atoms with van der Waals surface area (Å²) in [4.78, 5) is 14.4. The molecule has 3 rings (SSSR count). The van der Waals surface area contributed by atoms with E-state index < -0.39 is 0 Å². The number of hydrogen-bond donors (Lipinski definition) is 0. The number of carbonyl (C=O) groups is 1. The van der Waals surface area contributed by atoms with Gasteiger partial charge in [-0.25, -0.2) is 0 Å². The third-order valence-electron chi connectivity index (χ3n) is 4.21. The molecule has 0 aliphatic heterocycles. The SMILES string of the molecule is CCN(C(=O)CCc1nnc(-c2ccsc2)o1)C1CCCC1. The first-order valence-electron chi connectivity index (χ1n) is 7.92. The molecular weight excluding hydrogens is 298 g/mol. The van der Waals surface area contributed by atoms with Crippen LogP contribution in [0.5, 0.6) is 0 Å². The molecule has 2 aromatic heterocycles. The summed E-state index contributed by atoms with van der Waals surface area (Å²) in [6.07, 6.45) is 5.71. The molecule has 1 aliphatic carbocycles. The van der Waals surface area contributed by atoms with E-state index in [1.54, 1.807) is 11.3 Å². The van der Waals surface area contributed by atoms with Gasteiger partial charge in [-0.1, -0.05) is 12.8 Å². The zero-order valence-corrected chi connectivity index (χ0v) is 13.6. The summed E-state index contributed by atoms with van der Waals surface area (Å²) in [5.41, 5.74) is 0.941. The van der Waals surface area contributed by atoms with Crippen LogP contribution in [0.4, 0.5) is 0 Å². The molecule has 0 unspecified atom stereocenters. The zero-order chi connectivity index (χ0) is 15.4. The van der Waals surface area contributed by atoms with Gasteiger partial charge in [0.05, 0.1) is 0 Å². The minimum absolute atomic E-state index is 0.199. The monoisotopic (exact) mass is 319 g/mol. The Balaban J connectivity index is 1.56. The molecule has 2 heterocycles. The molecule has 5 nitrogen and oxygen atoms in total. The second kappa shape index (κ2) is 7.05. The van der Waals surface area contributed by atoms with Crippen molar-refractivity contribution in [3.05, 3.63) is 22.7 Å². The van der Waals surface area contributed by atoms with Crippen molar-refractivity contribution < 1.29 is 9.21 Å². The van der Waals surface area contributed by atoms with Crippen LogP contribution < -0.4 is 0 Å². The van der Waals surface area contributed by atoms with Gasteiger partial charge in [-0.15, -0.1) is 10.2 Å². The fourth-order valence-corrected chi connectivity index (χ4v) is 3.70. The van der Waals surface area contributed by atoms with E-state index in [1.165, 1.54) is 12.8 Å². The lowest BCUT2D eigenvalue weighted by molar-refractivity contribution is -0.133. The number of thiophene rings is 1. The van der Waals surface area contributed by atoms with Gasteiger partial charge in [0.25, 0.3) is 0 Å². The smallest absolute Gasteiger partial charge is 0.248 e. The molecule has 6 heteroatoms. The van der Waals surface area contributed by atoms with Crippen molar-refractivity contribution in [3.63, 3.8) is 0 Å². The molecule has 0 bridgehead atoms. The molecule has 2 aromatic rings. The van der Waals surface area contributed by atoms with Crippen molar-refractivity contribution >= 4 is 17.2 Å². The largest absolute Gasteiger partial charge is 0.421 e. The Bertz CT molecular complexity index is 603. The van der Waals surface area contributed by atoms with Crippen LogP contribution in [0.1, 0.15) is 44.9 Å². The van der Waals surface area contributed by atoms with Crippen LogP contribution in [0.2, 0.25) is 0 Å². The van der Waals surface area contributed by atoms with E-state index in [0.29, 0.717) is 30.7 Å². The molecular formula is C16H21N3O2S. The van der Waals surface area contributed by atoms with Gasteiger partial charge in [-0.3, -0.25) is 4.79 Å². The number of amides is 1. The number of rotatable bonds is 6. The number of aryl methyl sites for hydroxylation is 1. The third-order valence-corrected chi connectivity index (χ3v) is 4.90. The molecule has 1 amide bonds. The van der Waals surface area contributed by atoms with Gasteiger partial charge in [0, 0.05) is 36.4 Å². The maximum atomic E-state index is 12.4. The van der Waals surface area contributed by atoms with Gasteiger partial charge in [0.2, 0.25) is 17.7 Å². The summed E-state index contributed by atoms with van der Waals surface area (Å²) in [7, 11) is 0. The molecule has 0 spiro atoms. The molecule has 0 saturated heterocycles. The zero-order valence-electron chi connectivity index (χ0n) is 12.8. The highest BCUT2D eigenvalue weighted by atomic mass is 32.1. The summed E-state index contributed by atoms with van der Waals surface area (Å²) in [5.74, 6) is 1.27. The molecule has 0 atom stereocenters. The fraction of sp³-hybridized carbons (Fsp3) is 0.562. The highest BCUT2D eigenvalue weighted by molar-refractivity contribution is 7.08. The second-order valence-corrected chi connectivity index (χ2v) is 6.41. The molecule has 0 radical (unpaired) electrons. The Morgan fingerprint density at radius 3 is 2.91 bits per heavy atom. The molecule has 0 aromatic carbocycles. The van der Waals surface area contributed by atoms with Gasteiger partial charge < -0.3 is 9.32 Å². The number of hydrogen-bond acceptors (Lipinski definition) is 5. The molecule has 1 saturated carbocycles. The van der Waals surface area contributed by atoms with Crippen LogP contribution in [-0.2, 0) is 11.2 Å². The van der Waals surface area contributed by atoms with Gasteiger partial charge in [-0.2, -0.15) is 11.3 Å². The third kappa shape index (κ3) is 3.38. The van der Waals surface area contributed by atoms with E-state index in [0.717, 1.165) is 24.9 Å². The van der Waals surface area contributed by atoms with Crippen molar-refractivity contribution in [2.45, 2.75) is 51.5 Å². The number of nitrogens with zero attached hydrogens (tertiary/aromatic N) is 3. The van der Waals surface area contributed by atoms with E-state index >= 15 is 0 Å². The Hall–Kier alpha value is -1.69. The predicted octanol–water partition coefficient (Wildman–Crippen LogP) is 3.52. The van der Waals surface area contributed by atoms with Crippen LogP contribution in [-0.4, -0.2) is 33.6 Å². The van der Waals surface area contributed by atoms with Crippen LogP contribution in [0.15, 0.2) is 21.2 Å². The van der Waals surface area contributed by atoms with Crippen LogP contribution in [0.25, 0.3) is 11.5 Å². The quantitative estimate of drug-likeness (QED) is 0.817. The fourth-order valence-electron chi connectivity index (χ4n) is 3.07. The van der Waals surface area contributed by atoms with Gasteiger partial charge in [-0.05, 0) is 31.2 Å². The maximum absolute atomic E-state index is 12.4. The molecule has 1 fully saturated rings. The van der Waals surface area contributed by atoms with E-state index in [-0.39, 0.29) is 5.91 Å². The Morgan fingerprint density at radius 1 is 1.41 bits per heavy atom. The molecule has 0 N–H and O–H groups in total. The highest BCUT2D eigenvalue weighted by Gasteiger charge is 2.25. The topological polar surface area (TPSA) is 59.2 Å². The Kier molecular flexibility index (Phi) is 4.87. The lowest BCUT2D eigenvalue weighted by Crippen LogP contribution is -2.38. The summed E-state index contributed by atoms with van der Waals surface area (Å²) in [5, 5.41) is 12.0. The predicted molar refractivity (Wildman–Crippen MR) is 85.6 cm³/mol. The summed E-state index contributed by atoms with van der Waals surface area (Å²) in [6.45, 7) is 2.84. The Labute approximate surface area is 134 Å². The molecule has 22 heavy (non-hydrogen) atoms. The van der Waals surface area contributed by atoms with E-state index in [9.17, 15) is 4.79 Å². The minimum Gasteiger partial charge on any atom is -0.421 e. The number of carbonyl (C=O) groups excluding carboxylic acids is 1. The standard InChI is InChI=1S/C16H21N3O2S/c1-2-19(13-5-3-4-6-13)15(20)8-7-14-17-18-16(21-14)12-9-10-22-11-12/h9-11,13H,2-8H2,1H3. The average Bonchev–Trinajstić information content (AvgIpc) is 3.26. The van der Waals surface area contributed by atoms with Crippen molar-refractivity contribution in [1.82, 2.24) is 15.1 Å². The number of aromatic nitrogens is 2. The van der Waals surface area contributed by atoms with Crippen molar-refractivity contribution in [2.75, 3.05) is 6.54 Å². The van der Waals surface area contributed by atoms with Gasteiger partial charge >= 0.3 is 0 Å². The lowest BCUT2D eigenvalue weighted by atomic mass is 10.2. The average molecular weight is 319 g/mol. The van der Waals surface area contributed by atoms with E-state index in [1.807, 2.05) is 21.7 Å². The van der Waals surface area contributed by atoms with Gasteiger partial charge in [0.1, 0.15) is 0 Å². The van der Waals surface area contributed by atoms with E-state index in [2.05, 4.69) is 17.1 Å². The van der Waals surface area contributed by atoms with Gasteiger partial charge in [0.15, 0.2) is 0 Å². The first-order valence-corrected chi connectivity index (χ1v) is 8.86. The maximum Gasteiger partial charge on any atom is 0.248 e. The summed E-state index contributed by atoms with van der Waals surface area (Å²) in [6, 6.07) is 2.38. The minimum atomic E-state index is 0.199. The normalized spacial score (nSPS) is 15.3. The second-order valence-electron chi connectivity index (χ2n) is 5.63. The van der Waals surface area contributed by atoms with E-state index in [4.69, 9.17) is 4.42 Å². The Morgan fingerprint density at radius 2 is 2.23 bits per heavy atom. The van der Waals surface area contributed by atoms with Crippen LogP contribution in [0, 0.1) is 0 Å².